The second-order valence-corrected chi connectivity index (χ2v) is 9.10. The summed E-state index contributed by atoms with van der Waals surface area (Å²) < 4.78 is 6.94. The maximum atomic E-state index is 11.0. The van der Waals surface area contributed by atoms with Gasteiger partial charge in [0.2, 0.25) is 16.7 Å². The van der Waals surface area contributed by atoms with Gasteiger partial charge in [0.1, 0.15) is 31.1 Å². The average Bonchev–Trinajstić information content (AvgIpc) is 3.50. The Bertz CT molecular complexity index is 1050. The van der Waals surface area contributed by atoms with Crippen LogP contribution in [0.15, 0.2) is 40.3 Å². The highest BCUT2D eigenvalue weighted by atomic mass is 32.1. The van der Waals surface area contributed by atoms with Crippen molar-refractivity contribution < 1.29 is 19.3 Å². The van der Waals surface area contributed by atoms with Crippen molar-refractivity contribution in [2.45, 2.75) is 13.0 Å². The van der Waals surface area contributed by atoms with Crippen LogP contribution in [-0.2, 0) is 0 Å². The molecule has 7 nitrogen and oxygen atoms in total. The molecule has 4 aromatic heterocycles. The molecule has 28 heavy (non-hydrogen) atoms. The molecule has 1 aliphatic rings. The molecule has 0 unspecified atom stereocenters. The van der Waals surface area contributed by atoms with Crippen LogP contribution in [0.1, 0.15) is 22.7 Å². The molecule has 0 bridgehead atoms. The Morgan fingerprint density at radius 3 is 2.75 bits per heavy atom. The van der Waals surface area contributed by atoms with Gasteiger partial charge in [0.15, 0.2) is 11.8 Å². The quantitative estimate of drug-likeness (QED) is 0.447. The summed E-state index contributed by atoms with van der Waals surface area (Å²) in [5.41, 5.74) is 0. The van der Waals surface area contributed by atoms with Gasteiger partial charge >= 0.3 is 0 Å². The number of nitrogens with zero attached hydrogens (tertiary/aromatic N) is 3. The Hall–Kier alpha value is -2.20. The second kappa shape index (κ2) is 7.32. The van der Waals surface area contributed by atoms with E-state index in [1.54, 1.807) is 27.0 Å². The Labute approximate surface area is 170 Å². The minimum atomic E-state index is 0.124. The summed E-state index contributed by atoms with van der Waals surface area (Å²) in [5, 5.41) is 17.6. The van der Waals surface area contributed by atoms with Crippen molar-refractivity contribution in [3.63, 3.8) is 0 Å². The summed E-state index contributed by atoms with van der Waals surface area (Å²) >= 11 is 3.28. The number of piperazine rings is 1. The normalized spacial score (nSPS) is 21.3. The second-order valence-electron chi connectivity index (χ2n) is 7.11. The smallest absolute Gasteiger partial charge is 0.235 e. The van der Waals surface area contributed by atoms with Gasteiger partial charge in [-0.25, -0.2) is 0 Å². The van der Waals surface area contributed by atoms with E-state index in [0.717, 1.165) is 31.1 Å². The number of rotatable bonds is 5. The van der Waals surface area contributed by atoms with Crippen LogP contribution < -0.4 is 9.80 Å². The van der Waals surface area contributed by atoms with E-state index in [4.69, 9.17) is 4.42 Å². The summed E-state index contributed by atoms with van der Waals surface area (Å²) in [6, 6.07) is 8.02. The van der Waals surface area contributed by atoms with Gasteiger partial charge in [-0.05, 0) is 30.5 Å². The van der Waals surface area contributed by atoms with Gasteiger partial charge in [0.05, 0.1) is 17.7 Å². The summed E-state index contributed by atoms with van der Waals surface area (Å²) in [4.78, 5) is 10.7. The molecular weight excluding hydrogens is 394 g/mol. The maximum absolute atomic E-state index is 11.0. The zero-order chi connectivity index (χ0) is 19.1. The molecule has 0 amide bonds. The maximum Gasteiger partial charge on any atom is 0.235 e. The fourth-order valence-corrected chi connectivity index (χ4v) is 6.09. The molecule has 0 spiro atoms. The number of furan rings is 1. The molecule has 1 saturated heterocycles. The van der Waals surface area contributed by atoms with E-state index >= 15 is 0 Å². The van der Waals surface area contributed by atoms with Gasteiger partial charge < -0.3 is 19.3 Å². The number of hydrogen-bond donors (Lipinski definition) is 3. The summed E-state index contributed by atoms with van der Waals surface area (Å²) in [6.07, 6.45) is 1.60. The van der Waals surface area contributed by atoms with Crippen LogP contribution in [0, 0.1) is 0 Å². The highest BCUT2D eigenvalue weighted by Crippen LogP contribution is 2.37. The molecule has 0 saturated carbocycles. The van der Waals surface area contributed by atoms with E-state index in [0.29, 0.717) is 16.5 Å². The van der Waals surface area contributed by atoms with Crippen molar-refractivity contribution in [2.24, 2.45) is 0 Å². The molecule has 5 heterocycles. The molecule has 0 radical (unpaired) electrons. The lowest BCUT2D eigenvalue weighted by Crippen LogP contribution is -3.28. The van der Waals surface area contributed by atoms with E-state index in [1.807, 2.05) is 12.1 Å². The fraction of sp³-hybridized carbons (Fsp3) is 0.368. The van der Waals surface area contributed by atoms with Gasteiger partial charge in [-0.3, -0.25) is 0 Å². The van der Waals surface area contributed by atoms with Gasteiger partial charge in [-0.15, -0.1) is 16.4 Å². The Balaban J connectivity index is 1.53. The lowest BCUT2D eigenvalue weighted by molar-refractivity contribution is -1.02. The van der Waals surface area contributed by atoms with Crippen molar-refractivity contribution in [1.82, 2.24) is 14.6 Å². The number of hydrogen-bond acceptors (Lipinski definition) is 6. The zero-order valence-electron chi connectivity index (χ0n) is 15.6. The number of fused-ring (bicyclic) bond motifs is 1. The summed E-state index contributed by atoms with van der Waals surface area (Å²) in [6.45, 7) is 7.94. The zero-order valence-corrected chi connectivity index (χ0v) is 17.2. The first-order valence-corrected chi connectivity index (χ1v) is 11.3. The predicted molar refractivity (Wildman–Crippen MR) is 108 cm³/mol. The van der Waals surface area contributed by atoms with Crippen LogP contribution in [0.3, 0.4) is 0 Å². The number of aromatic hydroxyl groups is 1. The van der Waals surface area contributed by atoms with Gasteiger partial charge in [0.25, 0.3) is 0 Å². The van der Waals surface area contributed by atoms with E-state index in [-0.39, 0.29) is 11.9 Å². The van der Waals surface area contributed by atoms with Crippen molar-refractivity contribution in [3.8, 4) is 17.5 Å². The lowest BCUT2D eigenvalue weighted by Gasteiger charge is -2.33. The minimum Gasteiger partial charge on any atom is -0.492 e. The SMILES string of the molecule is CC[NH+]1CC[NH+]([C@@H](c2cccs2)c2sc3nc(-c4ccco4)nn3c2O)CC1. The topological polar surface area (TPSA) is 72.4 Å². The molecule has 0 aliphatic carbocycles. The third-order valence-electron chi connectivity index (χ3n) is 5.54. The molecule has 146 valence electrons. The van der Waals surface area contributed by atoms with E-state index in [1.165, 1.54) is 27.7 Å². The Kier molecular flexibility index (Phi) is 4.67. The van der Waals surface area contributed by atoms with Crippen LogP contribution in [0.25, 0.3) is 16.5 Å². The van der Waals surface area contributed by atoms with Crippen LogP contribution in [-0.4, -0.2) is 52.4 Å². The highest BCUT2D eigenvalue weighted by molar-refractivity contribution is 7.17. The van der Waals surface area contributed by atoms with Crippen LogP contribution in [0.5, 0.6) is 5.88 Å². The molecule has 4 aromatic rings. The van der Waals surface area contributed by atoms with Gasteiger partial charge in [0, 0.05) is 0 Å². The predicted octanol–water partition coefficient (Wildman–Crippen LogP) is 0.711. The van der Waals surface area contributed by atoms with Crippen molar-refractivity contribution in [1.29, 1.82) is 0 Å². The van der Waals surface area contributed by atoms with Crippen LogP contribution >= 0.6 is 22.7 Å². The summed E-state index contributed by atoms with van der Waals surface area (Å²) in [7, 11) is 0. The Morgan fingerprint density at radius 2 is 2.11 bits per heavy atom. The lowest BCUT2D eigenvalue weighted by atomic mass is 10.1. The molecule has 9 heteroatoms. The fourth-order valence-electron chi connectivity index (χ4n) is 3.99. The monoisotopic (exact) mass is 417 g/mol. The third kappa shape index (κ3) is 3.04. The molecule has 1 fully saturated rings. The van der Waals surface area contributed by atoms with E-state index < -0.39 is 0 Å². The summed E-state index contributed by atoms with van der Waals surface area (Å²) in [5.74, 6) is 1.30. The molecule has 1 atom stereocenters. The van der Waals surface area contributed by atoms with Gasteiger partial charge in [-0.1, -0.05) is 17.4 Å². The number of thiophene rings is 1. The van der Waals surface area contributed by atoms with Gasteiger partial charge in [-0.2, -0.15) is 9.50 Å². The Morgan fingerprint density at radius 1 is 1.25 bits per heavy atom. The molecular formula is C19H23N5O2S2+2. The largest absolute Gasteiger partial charge is 0.492 e. The molecule has 1 aliphatic heterocycles. The molecule has 3 N–H and O–H groups in total. The highest BCUT2D eigenvalue weighted by Gasteiger charge is 2.36. The van der Waals surface area contributed by atoms with Crippen LogP contribution in [0.2, 0.25) is 0 Å². The number of likely N-dealkylation sites (N-methyl/N-ethyl adjacent to an activating group) is 1. The first kappa shape index (κ1) is 17.9. The van der Waals surface area contributed by atoms with Crippen molar-refractivity contribution in [3.05, 3.63) is 45.7 Å². The third-order valence-corrected chi connectivity index (χ3v) is 7.56. The van der Waals surface area contributed by atoms with Crippen molar-refractivity contribution >= 4 is 27.6 Å². The number of quaternary nitrogens is 2. The van der Waals surface area contributed by atoms with Crippen LogP contribution in [0.4, 0.5) is 0 Å². The first-order chi connectivity index (χ1) is 13.7. The number of thiazole rings is 1. The number of aromatic nitrogens is 3. The standard InChI is InChI=1S/C19H21N5O2S2/c1-2-22-7-9-23(10-8-22)15(14-6-4-12-27-14)16-18(25)24-19(28-16)20-17(21-24)13-5-3-11-26-13/h3-6,11-12,15,25H,2,7-10H2,1H3/p+2/t15-/m0/s1. The molecule has 5 rings (SSSR count). The van der Waals surface area contributed by atoms with E-state index in [2.05, 4.69) is 34.5 Å². The molecule has 0 aromatic carbocycles. The van der Waals surface area contributed by atoms with Crippen molar-refractivity contribution in [2.75, 3.05) is 32.7 Å². The van der Waals surface area contributed by atoms with E-state index in [9.17, 15) is 5.11 Å². The first-order valence-electron chi connectivity index (χ1n) is 9.58. The average molecular weight is 418 g/mol. The number of nitrogens with one attached hydrogen (secondary N) is 2. The minimum absolute atomic E-state index is 0.124.